The van der Waals surface area contributed by atoms with E-state index in [2.05, 4.69) is 24.4 Å². The molecule has 2 rings (SSSR count). The molecular weight excluding hydrogens is 298 g/mol. The molecule has 0 radical (unpaired) electrons. The van der Waals surface area contributed by atoms with Crippen LogP contribution in [0.25, 0.3) is 0 Å². The molecule has 2 atom stereocenters. The van der Waals surface area contributed by atoms with Crippen molar-refractivity contribution in [1.29, 1.82) is 0 Å². The minimum Gasteiger partial charge on any atom is -0.497 e. The molecule has 0 amide bonds. The number of halogens is 1. The molecule has 3 nitrogen and oxygen atoms in total. The lowest BCUT2D eigenvalue weighted by atomic mass is 10.0. The zero-order valence-corrected chi connectivity index (χ0v) is 13.7. The van der Waals surface area contributed by atoms with E-state index in [0.29, 0.717) is 17.5 Å². The van der Waals surface area contributed by atoms with Crippen LogP contribution in [-0.4, -0.2) is 25.3 Å². The molecule has 0 fully saturated rings. The summed E-state index contributed by atoms with van der Waals surface area (Å²) >= 11 is 5.94. The molecule has 22 heavy (non-hydrogen) atoms. The number of hydrogen-bond acceptors (Lipinski definition) is 3. The largest absolute Gasteiger partial charge is 0.497 e. The van der Waals surface area contributed by atoms with Crippen LogP contribution in [-0.2, 0) is 0 Å². The summed E-state index contributed by atoms with van der Waals surface area (Å²) in [5.74, 6) is 1.22. The van der Waals surface area contributed by atoms with Crippen LogP contribution in [0.4, 0.5) is 0 Å². The number of ether oxygens (including phenoxy) is 1. The summed E-state index contributed by atoms with van der Waals surface area (Å²) < 4.78 is 5.16. The molecule has 2 aromatic rings. The molecule has 2 aromatic carbocycles. The Morgan fingerprint density at radius 2 is 1.82 bits per heavy atom. The lowest BCUT2D eigenvalue weighted by Crippen LogP contribution is -2.25. The van der Waals surface area contributed by atoms with Crippen LogP contribution in [0.1, 0.15) is 30.1 Å². The van der Waals surface area contributed by atoms with Crippen LogP contribution in [0.15, 0.2) is 48.5 Å². The first kappa shape index (κ1) is 16.8. The first-order valence-corrected chi connectivity index (χ1v) is 7.76. The van der Waals surface area contributed by atoms with Crippen LogP contribution in [0, 0.1) is 0 Å². The molecule has 118 valence electrons. The Balaban J connectivity index is 1.82. The van der Waals surface area contributed by atoms with Crippen LogP contribution in [0.5, 0.6) is 5.75 Å². The summed E-state index contributed by atoms with van der Waals surface area (Å²) in [6.07, 6.45) is -0.554. The molecule has 0 aliphatic rings. The van der Waals surface area contributed by atoms with Crippen molar-refractivity contribution in [3.05, 3.63) is 64.7 Å². The van der Waals surface area contributed by atoms with E-state index in [1.165, 1.54) is 5.56 Å². The maximum atomic E-state index is 10.2. The summed E-state index contributed by atoms with van der Waals surface area (Å²) in [6, 6.07) is 15.4. The first-order valence-electron chi connectivity index (χ1n) is 7.38. The normalized spacial score (nSPS) is 13.6. The van der Waals surface area contributed by atoms with Crippen molar-refractivity contribution in [1.82, 2.24) is 5.32 Å². The second-order valence-corrected chi connectivity index (χ2v) is 5.84. The molecule has 0 spiro atoms. The van der Waals surface area contributed by atoms with E-state index in [0.717, 1.165) is 17.9 Å². The number of aliphatic hydroxyl groups is 1. The predicted octanol–water partition coefficient (Wildman–Crippen LogP) is 3.78. The highest BCUT2D eigenvalue weighted by molar-refractivity contribution is 6.30. The molecule has 2 unspecified atom stereocenters. The van der Waals surface area contributed by atoms with Gasteiger partial charge in [-0.3, -0.25) is 0 Å². The van der Waals surface area contributed by atoms with Crippen molar-refractivity contribution in [3.8, 4) is 5.75 Å². The van der Waals surface area contributed by atoms with Gasteiger partial charge in [-0.2, -0.15) is 0 Å². The third kappa shape index (κ3) is 4.73. The molecule has 0 saturated carbocycles. The minimum atomic E-state index is -0.554. The van der Waals surface area contributed by atoms with Gasteiger partial charge in [0.2, 0.25) is 0 Å². The van der Waals surface area contributed by atoms with Gasteiger partial charge in [-0.1, -0.05) is 42.8 Å². The van der Waals surface area contributed by atoms with Crippen molar-refractivity contribution in [3.63, 3.8) is 0 Å². The number of nitrogens with one attached hydrogen (secondary N) is 1. The number of aliphatic hydroxyl groups excluding tert-OH is 1. The number of methoxy groups -OCH3 is 1. The number of hydrogen-bond donors (Lipinski definition) is 2. The van der Waals surface area contributed by atoms with E-state index in [-0.39, 0.29) is 0 Å². The monoisotopic (exact) mass is 319 g/mol. The summed E-state index contributed by atoms with van der Waals surface area (Å²) in [6.45, 7) is 3.45. The molecule has 0 aliphatic carbocycles. The molecule has 0 saturated heterocycles. The minimum absolute atomic E-state index is 0.359. The zero-order chi connectivity index (χ0) is 15.9. The van der Waals surface area contributed by atoms with Gasteiger partial charge in [0.05, 0.1) is 13.2 Å². The van der Waals surface area contributed by atoms with Crippen LogP contribution in [0.3, 0.4) is 0 Å². The van der Waals surface area contributed by atoms with Gasteiger partial charge in [0.1, 0.15) is 5.75 Å². The van der Waals surface area contributed by atoms with Crippen molar-refractivity contribution in [2.75, 3.05) is 20.2 Å². The highest BCUT2D eigenvalue weighted by atomic mass is 35.5. The first-order chi connectivity index (χ1) is 10.6. The van der Waals surface area contributed by atoms with Gasteiger partial charge >= 0.3 is 0 Å². The molecule has 4 heteroatoms. The van der Waals surface area contributed by atoms with Gasteiger partial charge < -0.3 is 15.2 Å². The average Bonchev–Trinajstić information content (AvgIpc) is 2.54. The van der Waals surface area contributed by atoms with Gasteiger partial charge in [-0.15, -0.1) is 0 Å². The van der Waals surface area contributed by atoms with Gasteiger partial charge in [0.15, 0.2) is 0 Å². The fourth-order valence-corrected chi connectivity index (χ4v) is 2.52. The smallest absolute Gasteiger partial charge is 0.118 e. The van der Waals surface area contributed by atoms with Crippen molar-refractivity contribution >= 4 is 11.6 Å². The van der Waals surface area contributed by atoms with E-state index < -0.39 is 6.10 Å². The lowest BCUT2D eigenvalue weighted by molar-refractivity contribution is 0.174. The molecule has 0 bridgehead atoms. The quantitative estimate of drug-likeness (QED) is 0.816. The van der Waals surface area contributed by atoms with E-state index in [4.69, 9.17) is 16.3 Å². The van der Waals surface area contributed by atoms with E-state index in [9.17, 15) is 5.11 Å². The number of rotatable bonds is 7. The molecule has 0 aromatic heterocycles. The average molecular weight is 320 g/mol. The Morgan fingerprint density at radius 1 is 1.09 bits per heavy atom. The van der Waals surface area contributed by atoms with Gasteiger partial charge in [0.25, 0.3) is 0 Å². The second-order valence-electron chi connectivity index (χ2n) is 5.40. The Kier molecular flexibility index (Phi) is 6.25. The SMILES string of the molecule is COc1ccc(C(C)CNCC(O)c2cccc(Cl)c2)cc1. The van der Waals surface area contributed by atoms with Gasteiger partial charge in [0, 0.05) is 18.1 Å². The highest BCUT2D eigenvalue weighted by Crippen LogP contribution is 2.20. The number of benzene rings is 2. The fourth-order valence-electron chi connectivity index (χ4n) is 2.32. The fraction of sp³-hybridized carbons (Fsp3) is 0.333. The summed E-state index contributed by atoms with van der Waals surface area (Å²) in [4.78, 5) is 0. The van der Waals surface area contributed by atoms with Crippen LogP contribution in [0.2, 0.25) is 5.02 Å². The second kappa shape index (κ2) is 8.18. The third-order valence-corrected chi connectivity index (χ3v) is 3.94. The predicted molar refractivity (Wildman–Crippen MR) is 90.7 cm³/mol. The maximum absolute atomic E-state index is 10.2. The maximum Gasteiger partial charge on any atom is 0.118 e. The standard InChI is InChI=1S/C18H22ClNO2/c1-13(14-6-8-17(22-2)9-7-14)11-20-12-18(21)15-4-3-5-16(19)10-15/h3-10,13,18,20-21H,11-12H2,1-2H3. The summed E-state index contributed by atoms with van der Waals surface area (Å²) in [5.41, 5.74) is 2.07. The molecule has 0 aliphatic heterocycles. The molecule has 2 N–H and O–H groups in total. The Bertz CT molecular complexity index is 586. The Morgan fingerprint density at radius 3 is 2.45 bits per heavy atom. The van der Waals surface area contributed by atoms with Gasteiger partial charge in [-0.25, -0.2) is 0 Å². The van der Waals surface area contributed by atoms with Crippen molar-refractivity contribution in [2.45, 2.75) is 18.9 Å². The van der Waals surface area contributed by atoms with E-state index in [1.807, 2.05) is 24.3 Å². The zero-order valence-electron chi connectivity index (χ0n) is 12.9. The topological polar surface area (TPSA) is 41.5 Å². The van der Waals surface area contributed by atoms with Gasteiger partial charge in [-0.05, 0) is 41.3 Å². The van der Waals surface area contributed by atoms with Crippen LogP contribution >= 0.6 is 11.6 Å². The van der Waals surface area contributed by atoms with Crippen molar-refractivity contribution in [2.24, 2.45) is 0 Å². The summed E-state index contributed by atoms with van der Waals surface area (Å²) in [7, 11) is 1.66. The highest BCUT2D eigenvalue weighted by Gasteiger charge is 2.10. The molecular formula is C18H22ClNO2. The van der Waals surface area contributed by atoms with Crippen molar-refractivity contribution < 1.29 is 9.84 Å². The molecule has 0 heterocycles. The summed E-state index contributed by atoms with van der Waals surface area (Å²) in [5, 5.41) is 14.1. The van der Waals surface area contributed by atoms with E-state index >= 15 is 0 Å². The van der Waals surface area contributed by atoms with Crippen LogP contribution < -0.4 is 10.1 Å². The Labute approximate surface area is 136 Å². The third-order valence-electron chi connectivity index (χ3n) is 3.71. The van der Waals surface area contributed by atoms with E-state index in [1.54, 1.807) is 19.2 Å². The Hall–Kier alpha value is -1.55. The lowest BCUT2D eigenvalue weighted by Gasteiger charge is -2.16.